The number of benzene rings is 1. The first-order valence-corrected chi connectivity index (χ1v) is 8.18. The van der Waals surface area contributed by atoms with Crippen LogP contribution in [0.25, 0.3) is 0 Å². The van der Waals surface area contributed by atoms with E-state index in [1.54, 1.807) is 5.56 Å². The molecule has 0 spiro atoms. The topological polar surface area (TPSA) is 38.0 Å². The second kappa shape index (κ2) is 5.50. The van der Waals surface area contributed by atoms with Crippen molar-refractivity contribution in [2.24, 2.45) is 17.2 Å². The highest BCUT2D eigenvalue weighted by molar-refractivity contribution is 5.35. The fraction of sp³-hybridized carbons (Fsp3) is 0.667. The third kappa shape index (κ3) is 2.40. The van der Waals surface area contributed by atoms with E-state index in [9.17, 15) is 0 Å². The molecule has 2 saturated carbocycles. The molecular weight excluding hydrogens is 244 g/mol. The van der Waals surface area contributed by atoms with Crippen LogP contribution in [0.4, 0.5) is 0 Å². The minimum atomic E-state index is 0.310. The van der Waals surface area contributed by atoms with Crippen LogP contribution < -0.4 is 11.3 Å². The average molecular weight is 272 g/mol. The second-order valence-electron chi connectivity index (χ2n) is 7.39. The van der Waals surface area contributed by atoms with Crippen LogP contribution in [0.3, 0.4) is 0 Å². The van der Waals surface area contributed by atoms with Gasteiger partial charge in [-0.15, -0.1) is 0 Å². The largest absolute Gasteiger partial charge is 0.271 e. The van der Waals surface area contributed by atoms with Crippen molar-refractivity contribution >= 4 is 0 Å². The molecule has 0 aliphatic heterocycles. The van der Waals surface area contributed by atoms with Gasteiger partial charge in [0.05, 0.1) is 0 Å². The number of nitrogens with two attached hydrogens (primary N) is 1. The quantitative estimate of drug-likeness (QED) is 0.634. The number of rotatable bonds is 4. The molecule has 3 rings (SSSR count). The monoisotopic (exact) mass is 272 g/mol. The van der Waals surface area contributed by atoms with Gasteiger partial charge in [0.2, 0.25) is 0 Å². The number of hydrogen-bond acceptors (Lipinski definition) is 2. The Bertz CT molecular complexity index is 462. The van der Waals surface area contributed by atoms with E-state index in [1.807, 2.05) is 0 Å². The highest BCUT2D eigenvalue weighted by atomic mass is 15.2. The predicted molar refractivity (Wildman–Crippen MR) is 84.2 cm³/mol. The zero-order chi connectivity index (χ0) is 14.2. The van der Waals surface area contributed by atoms with Gasteiger partial charge >= 0.3 is 0 Å². The molecular formula is C18H28N2. The lowest BCUT2D eigenvalue weighted by Crippen LogP contribution is -2.38. The lowest BCUT2D eigenvalue weighted by molar-refractivity contribution is 0.197. The third-order valence-corrected chi connectivity index (χ3v) is 5.80. The van der Waals surface area contributed by atoms with Crippen molar-refractivity contribution < 1.29 is 0 Å². The summed E-state index contributed by atoms with van der Waals surface area (Å²) in [5.74, 6) is 7.40. The zero-order valence-electron chi connectivity index (χ0n) is 12.9. The molecule has 2 unspecified atom stereocenters. The van der Waals surface area contributed by atoms with Gasteiger partial charge in [0.15, 0.2) is 0 Å². The zero-order valence-corrected chi connectivity index (χ0v) is 12.9. The number of hydrogen-bond donors (Lipinski definition) is 2. The number of nitrogens with one attached hydrogen (secondary N) is 1. The SMILES string of the molecule is CC1(C)CCCC1C(NN)c1ccccc1C1CCC1. The van der Waals surface area contributed by atoms with Crippen LogP contribution in [0.5, 0.6) is 0 Å². The molecule has 0 bridgehead atoms. The highest BCUT2D eigenvalue weighted by Crippen LogP contribution is 2.50. The molecule has 0 heterocycles. The van der Waals surface area contributed by atoms with Crippen molar-refractivity contribution in [3.8, 4) is 0 Å². The van der Waals surface area contributed by atoms with Crippen LogP contribution in [-0.2, 0) is 0 Å². The smallest absolute Gasteiger partial charge is 0.0496 e. The summed E-state index contributed by atoms with van der Waals surface area (Å²) in [5, 5.41) is 0. The Balaban J connectivity index is 1.93. The Kier molecular flexibility index (Phi) is 3.87. The van der Waals surface area contributed by atoms with Crippen LogP contribution in [0, 0.1) is 11.3 Å². The van der Waals surface area contributed by atoms with E-state index in [4.69, 9.17) is 5.84 Å². The first kappa shape index (κ1) is 14.1. The molecule has 0 radical (unpaired) electrons. The van der Waals surface area contributed by atoms with E-state index >= 15 is 0 Å². The van der Waals surface area contributed by atoms with Gasteiger partial charge < -0.3 is 0 Å². The first-order valence-electron chi connectivity index (χ1n) is 8.18. The summed E-state index contributed by atoms with van der Waals surface area (Å²) < 4.78 is 0. The van der Waals surface area contributed by atoms with Crippen LogP contribution in [0.15, 0.2) is 24.3 Å². The summed E-state index contributed by atoms with van der Waals surface area (Å²) >= 11 is 0. The fourth-order valence-corrected chi connectivity index (χ4v) is 4.28. The fourth-order valence-electron chi connectivity index (χ4n) is 4.28. The van der Waals surface area contributed by atoms with Crippen LogP contribution in [0.2, 0.25) is 0 Å². The first-order chi connectivity index (χ1) is 9.63. The summed E-state index contributed by atoms with van der Waals surface area (Å²) in [5.41, 5.74) is 6.56. The summed E-state index contributed by atoms with van der Waals surface area (Å²) in [4.78, 5) is 0. The van der Waals surface area contributed by atoms with Gasteiger partial charge in [0.1, 0.15) is 0 Å². The van der Waals surface area contributed by atoms with Gasteiger partial charge in [-0.05, 0) is 54.1 Å². The molecule has 2 aliphatic carbocycles. The van der Waals surface area contributed by atoms with Crippen molar-refractivity contribution in [2.45, 2.75) is 64.3 Å². The molecule has 1 aromatic rings. The Morgan fingerprint density at radius 3 is 2.45 bits per heavy atom. The average Bonchev–Trinajstić information content (AvgIpc) is 2.70. The molecule has 2 heteroatoms. The Labute approximate surface area is 123 Å². The normalized spacial score (nSPS) is 27.2. The Morgan fingerprint density at radius 1 is 1.15 bits per heavy atom. The number of hydrazine groups is 1. The van der Waals surface area contributed by atoms with E-state index in [0.717, 1.165) is 5.92 Å². The molecule has 2 aliphatic rings. The summed E-state index contributed by atoms with van der Waals surface area (Å²) in [6.45, 7) is 4.81. The lowest BCUT2D eigenvalue weighted by atomic mass is 9.71. The van der Waals surface area contributed by atoms with Gasteiger partial charge in [0, 0.05) is 6.04 Å². The molecule has 2 atom stereocenters. The third-order valence-electron chi connectivity index (χ3n) is 5.80. The van der Waals surface area contributed by atoms with E-state index in [-0.39, 0.29) is 0 Å². The van der Waals surface area contributed by atoms with Crippen LogP contribution >= 0.6 is 0 Å². The summed E-state index contributed by atoms with van der Waals surface area (Å²) in [6.07, 6.45) is 8.03. The molecule has 20 heavy (non-hydrogen) atoms. The van der Waals surface area contributed by atoms with Crippen LogP contribution in [0.1, 0.15) is 75.5 Å². The van der Waals surface area contributed by atoms with Crippen molar-refractivity contribution in [2.75, 3.05) is 0 Å². The van der Waals surface area contributed by atoms with E-state index < -0.39 is 0 Å². The molecule has 2 nitrogen and oxygen atoms in total. The van der Waals surface area contributed by atoms with Crippen LogP contribution in [-0.4, -0.2) is 0 Å². The van der Waals surface area contributed by atoms with Gasteiger partial charge in [-0.3, -0.25) is 11.3 Å². The van der Waals surface area contributed by atoms with E-state index in [0.29, 0.717) is 17.4 Å². The molecule has 1 aromatic carbocycles. The Hall–Kier alpha value is -0.860. The van der Waals surface area contributed by atoms with Gasteiger partial charge in [-0.2, -0.15) is 0 Å². The summed E-state index contributed by atoms with van der Waals surface area (Å²) in [6, 6.07) is 9.29. The predicted octanol–water partition coefficient (Wildman–Crippen LogP) is 4.28. The maximum atomic E-state index is 5.98. The minimum Gasteiger partial charge on any atom is -0.271 e. The van der Waals surface area contributed by atoms with Crippen molar-refractivity contribution in [3.63, 3.8) is 0 Å². The lowest BCUT2D eigenvalue weighted by Gasteiger charge is -2.37. The van der Waals surface area contributed by atoms with Crippen molar-refractivity contribution in [1.29, 1.82) is 0 Å². The van der Waals surface area contributed by atoms with Gasteiger partial charge in [-0.1, -0.05) is 51.0 Å². The second-order valence-corrected chi connectivity index (χ2v) is 7.39. The molecule has 2 fully saturated rings. The molecule has 3 N–H and O–H groups in total. The molecule has 0 amide bonds. The summed E-state index contributed by atoms with van der Waals surface area (Å²) in [7, 11) is 0. The Morgan fingerprint density at radius 2 is 1.90 bits per heavy atom. The highest BCUT2D eigenvalue weighted by Gasteiger charge is 2.40. The minimum absolute atomic E-state index is 0.310. The van der Waals surface area contributed by atoms with E-state index in [1.165, 1.54) is 44.1 Å². The maximum absolute atomic E-state index is 5.98. The molecule has 110 valence electrons. The maximum Gasteiger partial charge on any atom is 0.0496 e. The van der Waals surface area contributed by atoms with Gasteiger partial charge in [-0.25, -0.2) is 0 Å². The van der Waals surface area contributed by atoms with Crippen molar-refractivity contribution in [1.82, 2.24) is 5.43 Å². The molecule has 0 aromatic heterocycles. The van der Waals surface area contributed by atoms with E-state index in [2.05, 4.69) is 43.5 Å². The van der Waals surface area contributed by atoms with Crippen molar-refractivity contribution in [3.05, 3.63) is 35.4 Å². The van der Waals surface area contributed by atoms with Gasteiger partial charge in [0.25, 0.3) is 0 Å². The molecule has 0 saturated heterocycles. The standard InChI is InChI=1S/C18H28N2/c1-18(2)12-6-11-16(18)17(20-19)15-10-4-3-9-14(15)13-7-5-8-13/h3-4,9-10,13,16-17,20H,5-8,11-12,19H2,1-2H3.